The Morgan fingerprint density at radius 1 is 1.05 bits per heavy atom. The highest BCUT2D eigenvalue weighted by Gasteiger charge is 2.64. The van der Waals surface area contributed by atoms with E-state index in [-0.39, 0.29) is 23.0 Å². The number of aliphatic hydroxyl groups is 2. The molecular weight excluding hydrogens is 522 g/mol. The summed E-state index contributed by atoms with van der Waals surface area (Å²) in [4.78, 5) is 12.4. The SMILES string of the molecule is CC[C@H]1[C@@H](O)C2C3CC[C@H]([C@H](C)CCCc4ccccc4C(=O)NS(=O)O)[C@@]3(C)CCC2[C@@]2(C)CC[C@@H](O)C[C@@H]12. The molecule has 0 bridgehead atoms. The minimum atomic E-state index is -2.37. The van der Waals surface area contributed by atoms with Crippen LogP contribution in [0.4, 0.5) is 0 Å². The quantitative estimate of drug-likeness (QED) is 0.280. The Morgan fingerprint density at radius 3 is 2.48 bits per heavy atom. The molecule has 0 radical (unpaired) electrons. The molecule has 4 saturated carbocycles. The van der Waals surface area contributed by atoms with Crippen LogP contribution in [0.1, 0.15) is 108 Å². The monoisotopic (exact) mass is 573 g/mol. The van der Waals surface area contributed by atoms with E-state index >= 15 is 0 Å². The zero-order valence-corrected chi connectivity index (χ0v) is 25.7. The van der Waals surface area contributed by atoms with Crippen LogP contribution in [0.25, 0.3) is 0 Å². The summed E-state index contributed by atoms with van der Waals surface area (Å²) in [6.45, 7) is 9.68. The van der Waals surface area contributed by atoms with Gasteiger partial charge >= 0.3 is 0 Å². The van der Waals surface area contributed by atoms with Crippen molar-refractivity contribution < 1.29 is 23.8 Å². The van der Waals surface area contributed by atoms with Gasteiger partial charge in [-0.05, 0) is 122 Å². The molecule has 12 atom stereocenters. The fourth-order valence-corrected chi connectivity index (χ4v) is 11.1. The van der Waals surface area contributed by atoms with Gasteiger partial charge in [0.25, 0.3) is 17.2 Å². The van der Waals surface area contributed by atoms with E-state index < -0.39 is 17.2 Å². The summed E-state index contributed by atoms with van der Waals surface area (Å²) >= 11 is -2.37. The Bertz CT molecular complexity index is 1100. The molecule has 4 aliphatic carbocycles. The van der Waals surface area contributed by atoms with Crippen LogP contribution in [-0.2, 0) is 17.7 Å². The molecule has 224 valence electrons. The Kier molecular flexibility index (Phi) is 8.89. The van der Waals surface area contributed by atoms with Crippen molar-refractivity contribution in [3.63, 3.8) is 0 Å². The van der Waals surface area contributed by atoms with Crippen LogP contribution in [0.3, 0.4) is 0 Å². The van der Waals surface area contributed by atoms with Crippen LogP contribution in [0.2, 0.25) is 0 Å². The van der Waals surface area contributed by atoms with Crippen LogP contribution in [0.5, 0.6) is 0 Å². The van der Waals surface area contributed by atoms with Gasteiger partial charge in [-0.15, -0.1) is 0 Å². The predicted octanol–water partition coefficient (Wildman–Crippen LogP) is 6.14. The van der Waals surface area contributed by atoms with Crippen molar-refractivity contribution >= 4 is 17.2 Å². The predicted molar refractivity (Wildman–Crippen MR) is 159 cm³/mol. The van der Waals surface area contributed by atoms with E-state index in [0.717, 1.165) is 50.5 Å². The van der Waals surface area contributed by atoms with Gasteiger partial charge in [-0.2, -0.15) is 0 Å². The van der Waals surface area contributed by atoms with Crippen molar-refractivity contribution in [3.8, 4) is 0 Å². The van der Waals surface area contributed by atoms with E-state index in [9.17, 15) is 19.2 Å². The molecule has 1 aromatic carbocycles. The minimum absolute atomic E-state index is 0.207. The second-order valence-corrected chi connectivity index (χ2v) is 15.0. The van der Waals surface area contributed by atoms with Gasteiger partial charge in [-0.1, -0.05) is 58.7 Å². The summed E-state index contributed by atoms with van der Waals surface area (Å²) in [6.07, 6.45) is 11.1. The fourth-order valence-electron chi connectivity index (χ4n) is 10.8. The Labute approximate surface area is 243 Å². The van der Waals surface area contributed by atoms with Crippen LogP contribution in [0.15, 0.2) is 24.3 Å². The number of rotatable bonds is 8. The van der Waals surface area contributed by atoms with Crippen molar-refractivity contribution in [1.82, 2.24) is 4.72 Å². The largest absolute Gasteiger partial charge is 0.393 e. The molecule has 4 fully saturated rings. The first-order valence-electron chi connectivity index (χ1n) is 15.9. The molecule has 7 heteroatoms. The molecule has 0 saturated heterocycles. The van der Waals surface area contributed by atoms with Crippen molar-refractivity contribution in [3.05, 3.63) is 35.4 Å². The molecular formula is C33H51NO5S. The molecule has 4 N–H and O–H groups in total. The van der Waals surface area contributed by atoms with Gasteiger partial charge < -0.3 is 10.2 Å². The number of benzene rings is 1. The molecule has 6 nitrogen and oxygen atoms in total. The van der Waals surface area contributed by atoms with Crippen LogP contribution in [-0.4, -0.2) is 37.1 Å². The minimum Gasteiger partial charge on any atom is -0.393 e. The van der Waals surface area contributed by atoms with Gasteiger partial charge in [0.15, 0.2) is 0 Å². The van der Waals surface area contributed by atoms with E-state index in [0.29, 0.717) is 47.0 Å². The average molecular weight is 574 g/mol. The number of aryl methyl sites for hydroxylation is 1. The third-order valence-corrected chi connectivity index (χ3v) is 13.1. The second kappa shape index (κ2) is 11.8. The van der Waals surface area contributed by atoms with Crippen LogP contribution < -0.4 is 4.72 Å². The number of hydrogen-bond donors (Lipinski definition) is 4. The summed E-state index contributed by atoms with van der Waals surface area (Å²) in [6, 6.07) is 7.38. The molecule has 5 rings (SSSR count). The number of carbonyl (C=O) groups excluding carboxylic acids is 1. The van der Waals surface area contributed by atoms with E-state index in [1.165, 1.54) is 25.7 Å². The zero-order valence-electron chi connectivity index (χ0n) is 24.9. The molecule has 4 unspecified atom stereocenters. The van der Waals surface area contributed by atoms with E-state index in [1.807, 2.05) is 12.1 Å². The van der Waals surface area contributed by atoms with Crippen molar-refractivity contribution in [2.45, 2.75) is 111 Å². The van der Waals surface area contributed by atoms with Gasteiger partial charge in [0.1, 0.15) is 0 Å². The van der Waals surface area contributed by atoms with Gasteiger partial charge in [-0.25, -0.2) is 8.93 Å². The summed E-state index contributed by atoms with van der Waals surface area (Å²) in [5.41, 5.74) is 1.88. The third-order valence-electron chi connectivity index (χ3n) is 12.7. The van der Waals surface area contributed by atoms with E-state index in [4.69, 9.17) is 4.55 Å². The fraction of sp³-hybridized carbons (Fsp3) is 0.788. The van der Waals surface area contributed by atoms with Crippen LogP contribution in [0, 0.1) is 52.3 Å². The standard InChI is InChI=1S/C33H51NO5S/c1-5-23-28-19-22(35)15-17-33(28,4)27-16-18-32(3)25(13-14-26(32)29(27)30(23)36)20(2)9-8-11-21-10-6-7-12-24(21)31(37)34-40(38)39/h6-7,10,12,20,22-23,25-30,35-36H,5,8-9,11,13-19H2,1-4H3,(H,34,37)(H,38,39)/t20-,22-,23-,25-,26?,27?,28+,29?,30-,32-,33-/m1/s1. The number of fused-ring (bicyclic) bond motifs is 5. The van der Waals surface area contributed by atoms with E-state index in [1.54, 1.807) is 12.1 Å². The molecule has 1 aromatic rings. The lowest BCUT2D eigenvalue weighted by Crippen LogP contribution is -2.62. The lowest BCUT2D eigenvalue weighted by atomic mass is 9.41. The summed E-state index contributed by atoms with van der Waals surface area (Å²) < 4.78 is 22.3. The number of hydrogen-bond acceptors (Lipinski definition) is 4. The Morgan fingerprint density at radius 2 is 1.75 bits per heavy atom. The Hall–Kier alpha value is -1.28. The van der Waals surface area contributed by atoms with Gasteiger partial charge in [0, 0.05) is 5.56 Å². The normalized spacial score (nSPS) is 42.3. The molecule has 40 heavy (non-hydrogen) atoms. The number of amides is 1. The summed E-state index contributed by atoms with van der Waals surface area (Å²) in [5, 5.41) is 22.5. The molecule has 0 spiro atoms. The van der Waals surface area contributed by atoms with Gasteiger partial charge in [-0.3, -0.25) is 9.35 Å². The van der Waals surface area contributed by atoms with E-state index in [2.05, 4.69) is 32.4 Å². The van der Waals surface area contributed by atoms with Crippen molar-refractivity contribution in [1.29, 1.82) is 0 Å². The first-order valence-corrected chi connectivity index (χ1v) is 17.0. The Balaban J connectivity index is 1.27. The molecule has 4 aliphatic rings. The molecule has 0 aliphatic heterocycles. The molecule has 1 amide bonds. The smallest absolute Gasteiger partial charge is 0.264 e. The maximum atomic E-state index is 12.4. The van der Waals surface area contributed by atoms with Crippen molar-refractivity contribution in [2.24, 2.45) is 52.3 Å². The first kappa shape index (κ1) is 30.2. The molecule has 0 aromatic heterocycles. The maximum Gasteiger partial charge on any atom is 0.264 e. The lowest BCUT2D eigenvalue weighted by Gasteiger charge is -2.64. The number of aliphatic hydroxyl groups excluding tert-OH is 2. The lowest BCUT2D eigenvalue weighted by molar-refractivity contribution is -0.203. The maximum absolute atomic E-state index is 12.4. The number of nitrogens with one attached hydrogen (secondary N) is 1. The highest BCUT2D eigenvalue weighted by Crippen LogP contribution is 2.69. The first-order chi connectivity index (χ1) is 19.0. The van der Waals surface area contributed by atoms with Crippen molar-refractivity contribution in [2.75, 3.05) is 0 Å². The highest BCUT2D eigenvalue weighted by atomic mass is 32.2. The summed E-state index contributed by atoms with van der Waals surface area (Å²) in [5.74, 6) is 2.92. The second-order valence-electron chi connectivity index (χ2n) is 14.3. The van der Waals surface area contributed by atoms with Gasteiger partial charge in [0.2, 0.25) is 0 Å². The average Bonchev–Trinajstić information content (AvgIpc) is 3.27. The molecule has 0 heterocycles. The highest BCUT2D eigenvalue weighted by molar-refractivity contribution is 7.77. The number of carbonyl (C=O) groups is 1. The third kappa shape index (κ3) is 5.22. The zero-order chi connectivity index (χ0) is 28.8. The van der Waals surface area contributed by atoms with Gasteiger partial charge in [0.05, 0.1) is 12.2 Å². The topological polar surface area (TPSA) is 107 Å². The van der Waals surface area contributed by atoms with Crippen LogP contribution >= 0.6 is 0 Å². The summed E-state index contributed by atoms with van der Waals surface area (Å²) in [7, 11) is 0.